The zero-order valence-corrected chi connectivity index (χ0v) is 11.7. The Morgan fingerprint density at radius 2 is 1.95 bits per heavy atom. The maximum Gasteiger partial charge on any atom is 0.374 e. The Balaban J connectivity index is 2.70. The van der Waals surface area contributed by atoms with E-state index in [0.29, 0.717) is 11.3 Å². The Labute approximate surface area is 116 Å². The predicted molar refractivity (Wildman–Crippen MR) is 76.1 cm³/mol. The van der Waals surface area contributed by atoms with Crippen LogP contribution in [0.5, 0.6) is 0 Å². The van der Waals surface area contributed by atoms with Gasteiger partial charge >= 0.3 is 5.97 Å². The van der Waals surface area contributed by atoms with Crippen LogP contribution < -0.4 is 4.90 Å². The molecule has 0 saturated heterocycles. The van der Waals surface area contributed by atoms with Gasteiger partial charge in [-0.1, -0.05) is 12.1 Å². The average molecular weight is 275 g/mol. The number of rotatable bonds is 4. The molecule has 1 heterocycles. The Bertz CT molecular complexity index is 655. The van der Waals surface area contributed by atoms with Crippen molar-refractivity contribution in [2.75, 3.05) is 18.6 Å². The van der Waals surface area contributed by atoms with Gasteiger partial charge in [0.1, 0.15) is 5.82 Å². The minimum atomic E-state index is -1.17. The van der Waals surface area contributed by atoms with Crippen molar-refractivity contribution >= 4 is 22.7 Å². The Morgan fingerprint density at radius 1 is 1.30 bits per heavy atom. The Morgan fingerprint density at radius 3 is 2.55 bits per heavy atom. The fourth-order valence-corrected chi connectivity index (χ4v) is 1.80. The summed E-state index contributed by atoms with van der Waals surface area (Å²) in [6.45, 7) is 3.62. The quantitative estimate of drug-likeness (QED) is 0.880. The number of aromatic carboxylic acids is 1. The first-order valence-corrected chi connectivity index (χ1v) is 6.21. The van der Waals surface area contributed by atoms with Crippen LogP contribution >= 0.6 is 0 Å². The third-order valence-electron chi connectivity index (χ3n) is 3.39. The van der Waals surface area contributed by atoms with Gasteiger partial charge in [-0.2, -0.15) is 0 Å². The second kappa shape index (κ2) is 5.05. The number of para-hydroxylation sites is 1. The van der Waals surface area contributed by atoms with E-state index in [-0.39, 0.29) is 12.4 Å². The van der Waals surface area contributed by atoms with Crippen LogP contribution in [0.15, 0.2) is 24.3 Å². The highest BCUT2D eigenvalue weighted by Crippen LogP contribution is 2.27. The lowest BCUT2D eigenvalue weighted by atomic mass is 10.0. The topological polar surface area (TPSA) is 86.6 Å². The molecule has 1 aromatic heterocycles. The standard InChI is InChI=1S/C14H17N3O3/c1-14(2,8-18)17(3)12-9-6-4-5-7-10(9)15-11(16-12)13(19)20/h4-7,18H,8H2,1-3H3,(H,19,20). The minimum Gasteiger partial charge on any atom is -0.475 e. The minimum absolute atomic E-state index is 0.0791. The Hall–Kier alpha value is -2.21. The third kappa shape index (κ3) is 2.42. The molecule has 20 heavy (non-hydrogen) atoms. The molecule has 0 fully saturated rings. The molecule has 0 aliphatic heterocycles. The number of carboxylic acid groups (broad SMARTS) is 1. The first-order valence-electron chi connectivity index (χ1n) is 6.21. The molecule has 0 amide bonds. The smallest absolute Gasteiger partial charge is 0.374 e. The van der Waals surface area contributed by atoms with Gasteiger partial charge in [0.15, 0.2) is 0 Å². The number of carbonyl (C=O) groups is 1. The molecule has 0 bridgehead atoms. The molecule has 2 N–H and O–H groups in total. The molecular weight excluding hydrogens is 258 g/mol. The zero-order chi connectivity index (χ0) is 14.9. The van der Waals surface area contributed by atoms with Crippen molar-refractivity contribution in [3.63, 3.8) is 0 Å². The molecule has 2 rings (SSSR count). The lowest BCUT2D eigenvalue weighted by Crippen LogP contribution is -2.45. The maximum atomic E-state index is 11.1. The normalized spacial score (nSPS) is 11.6. The van der Waals surface area contributed by atoms with E-state index in [1.165, 1.54) is 0 Å². The van der Waals surface area contributed by atoms with Crippen LogP contribution in [-0.4, -0.2) is 45.3 Å². The number of anilines is 1. The van der Waals surface area contributed by atoms with Crippen LogP contribution in [0.25, 0.3) is 10.9 Å². The summed E-state index contributed by atoms with van der Waals surface area (Å²) in [4.78, 5) is 21.1. The van der Waals surface area contributed by atoms with E-state index in [1.807, 2.05) is 26.0 Å². The summed E-state index contributed by atoms with van der Waals surface area (Å²) in [5.74, 6) is -0.932. The van der Waals surface area contributed by atoms with Gasteiger partial charge in [0.25, 0.3) is 0 Å². The molecule has 0 atom stereocenters. The van der Waals surface area contributed by atoms with Crippen molar-refractivity contribution in [1.29, 1.82) is 0 Å². The monoisotopic (exact) mass is 275 g/mol. The van der Waals surface area contributed by atoms with Gasteiger partial charge in [-0.3, -0.25) is 0 Å². The Kier molecular flexibility index (Phi) is 3.59. The van der Waals surface area contributed by atoms with Crippen molar-refractivity contribution in [1.82, 2.24) is 9.97 Å². The molecule has 2 aromatic rings. The van der Waals surface area contributed by atoms with Crippen LogP contribution in [0.2, 0.25) is 0 Å². The first kappa shape index (κ1) is 14.2. The lowest BCUT2D eigenvalue weighted by molar-refractivity contribution is 0.0684. The van der Waals surface area contributed by atoms with E-state index < -0.39 is 11.5 Å². The van der Waals surface area contributed by atoms with Crippen LogP contribution in [0, 0.1) is 0 Å². The highest BCUT2D eigenvalue weighted by atomic mass is 16.4. The zero-order valence-electron chi connectivity index (χ0n) is 11.7. The van der Waals surface area contributed by atoms with E-state index in [9.17, 15) is 9.90 Å². The number of carboxylic acids is 1. The molecule has 0 saturated carbocycles. The molecule has 1 aromatic carbocycles. The first-order chi connectivity index (χ1) is 9.36. The van der Waals surface area contributed by atoms with E-state index in [0.717, 1.165) is 5.39 Å². The van der Waals surface area contributed by atoms with Gasteiger partial charge in [0.05, 0.1) is 17.7 Å². The number of aliphatic hydroxyl groups is 1. The second-order valence-electron chi connectivity index (χ2n) is 5.22. The summed E-state index contributed by atoms with van der Waals surface area (Å²) in [5.41, 5.74) is 0.00267. The maximum absolute atomic E-state index is 11.1. The molecule has 0 radical (unpaired) electrons. The van der Waals surface area contributed by atoms with Crippen molar-refractivity contribution in [3.05, 3.63) is 30.1 Å². The van der Waals surface area contributed by atoms with Crippen LogP contribution in [0.1, 0.15) is 24.5 Å². The summed E-state index contributed by atoms with van der Waals surface area (Å²) < 4.78 is 0. The molecule has 0 unspecified atom stereocenters. The van der Waals surface area contributed by atoms with Gasteiger partial charge in [0.2, 0.25) is 5.82 Å². The van der Waals surface area contributed by atoms with E-state index in [1.54, 1.807) is 24.1 Å². The summed E-state index contributed by atoms with van der Waals surface area (Å²) in [5, 5.41) is 19.3. The van der Waals surface area contributed by atoms with Gasteiger partial charge in [-0.15, -0.1) is 0 Å². The van der Waals surface area contributed by atoms with Crippen molar-refractivity contribution < 1.29 is 15.0 Å². The molecule has 6 heteroatoms. The number of benzene rings is 1. The average Bonchev–Trinajstić information content (AvgIpc) is 2.45. The number of likely N-dealkylation sites (N-methyl/N-ethyl adjacent to an activating group) is 1. The van der Waals surface area contributed by atoms with Crippen molar-refractivity contribution in [2.24, 2.45) is 0 Å². The molecule has 0 aliphatic rings. The van der Waals surface area contributed by atoms with E-state index in [4.69, 9.17) is 5.11 Å². The van der Waals surface area contributed by atoms with E-state index >= 15 is 0 Å². The second-order valence-corrected chi connectivity index (χ2v) is 5.22. The highest BCUT2D eigenvalue weighted by molar-refractivity contribution is 5.94. The lowest BCUT2D eigenvalue weighted by Gasteiger charge is -2.35. The number of hydrogen-bond donors (Lipinski definition) is 2. The fourth-order valence-electron chi connectivity index (χ4n) is 1.80. The third-order valence-corrected chi connectivity index (χ3v) is 3.39. The molecule has 6 nitrogen and oxygen atoms in total. The fraction of sp³-hybridized carbons (Fsp3) is 0.357. The largest absolute Gasteiger partial charge is 0.475 e. The van der Waals surface area contributed by atoms with Crippen LogP contribution in [-0.2, 0) is 0 Å². The number of hydrogen-bond acceptors (Lipinski definition) is 5. The van der Waals surface area contributed by atoms with Crippen LogP contribution in [0.3, 0.4) is 0 Å². The highest BCUT2D eigenvalue weighted by Gasteiger charge is 2.26. The number of nitrogens with zero attached hydrogens (tertiary/aromatic N) is 3. The van der Waals surface area contributed by atoms with Gasteiger partial charge < -0.3 is 15.1 Å². The summed E-state index contributed by atoms with van der Waals surface area (Å²) in [7, 11) is 1.77. The molecule has 0 aliphatic carbocycles. The van der Waals surface area contributed by atoms with Gasteiger partial charge in [-0.25, -0.2) is 14.8 Å². The number of aromatic nitrogens is 2. The number of fused-ring (bicyclic) bond motifs is 1. The van der Waals surface area contributed by atoms with Gasteiger partial charge in [0, 0.05) is 12.4 Å². The van der Waals surface area contributed by atoms with Gasteiger partial charge in [-0.05, 0) is 26.0 Å². The SMILES string of the molecule is CN(c1nc(C(=O)O)nc2ccccc12)C(C)(C)CO. The van der Waals surface area contributed by atoms with E-state index in [2.05, 4.69) is 9.97 Å². The summed E-state index contributed by atoms with van der Waals surface area (Å²) >= 11 is 0. The van der Waals surface area contributed by atoms with Crippen molar-refractivity contribution in [2.45, 2.75) is 19.4 Å². The molecular formula is C14H17N3O3. The van der Waals surface area contributed by atoms with Crippen LogP contribution in [0.4, 0.5) is 5.82 Å². The molecule has 0 spiro atoms. The molecule has 106 valence electrons. The summed E-state index contributed by atoms with van der Waals surface area (Å²) in [6, 6.07) is 7.21. The van der Waals surface area contributed by atoms with Crippen molar-refractivity contribution in [3.8, 4) is 0 Å². The predicted octanol–water partition coefficient (Wildman–Crippen LogP) is 1.54. The summed E-state index contributed by atoms with van der Waals surface area (Å²) in [6.07, 6.45) is 0. The number of aliphatic hydroxyl groups excluding tert-OH is 1.